The molecule has 60 heavy (non-hydrogen) atoms. The zero-order chi connectivity index (χ0) is 40.6. The molecule has 8 aromatic carbocycles. The van der Waals surface area contributed by atoms with Gasteiger partial charge < -0.3 is 4.57 Å². The molecular weight excluding hydrogens is 973 g/mol. The lowest BCUT2D eigenvalue weighted by Crippen LogP contribution is -2.15. The maximum Gasteiger partial charge on any atom is 0.0541 e. The van der Waals surface area contributed by atoms with E-state index in [1.807, 2.05) is 0 Å². The van der Waals surface area contributed by atoms with Crippen LogP contribution in [0.5, 0.6) is 0 Å². The van der Waals surface area contributed by atoms with Crippen LogP contribution in [0.15, 0.2) is 179 Å². The van der Waals surface area contributed by atoms with E-state index in [-0.39, 0.29) is 18.3 Å². The van der Waals surface area contributed by atoms with Gasteiger partial charge in [0.1, 0.15) is 0 Å². The van der Waals surface area contributed by atoms with E-state index >= 15 is 0 Å². The molecule has 3 aliphatic rings. The van der Waals surface area contributed by atoms with Gasteiger partial charge in [-0.3, -0.25) is 0 Å². The zero-order valence-corrected chi connectivity index (χ0v) is 38.8. The predicted molar refractivity (Wildman–Crippen MR) is 272 cm³/mol. The first-order valence-electron chi connectivity index (χ1n) is 20.2. The summed E-state index contributed by atoms with van der Waals surface area (Å²) in [7, 11) is 0. The molecule has 12 rings (SSSR count). The minimum absolute atomic E-state index is 0. The van der Waals surface area contributed by atoms with Gasteiger partial charge in [-0.25, -0.2) is 0 Å². The Hall–Kier alpha value is -4.75. The molecule has 0 amide bonds. The van der Waals surface area contributed by atoms with E-state index in [2.05, 4.69) is 257 Å². The van der Waals surface area contributed by atoms with Gasteiger partial charge in [-0.15, -0.1) is 0 Å². The minimum atomic E-state index is -0.0246. The standard InChI is InChI=1S/C27H20BrN.C15H12BrI.C13H10.CH4/c1-27(2)23-15-17(28)11-13-19(23)20-14-12-18(16-24(20)27)29-25-9-5-3-7-21(25)22-8-4-6-10-26(22)29;1-15(2)13-7-9(16)3-5-11(13)12-6-4-10(17)8-14(12)15;1-3-7-12-10(5-1)9-11-6-2-4-8-13(11)12;/h3-16H,1-2H3;3-8H,1-2H3;1-8H,9H2;1H4. The van der Waals surface area contributed by atoms with Gasteiger partial charge in [-0.1, -0.05) is 176 Å². The number of benzene rings is 8. The molecule has 0 spiro atoms. The molecule has 9 aromatic rings. The van der Waals surface area contributed by atoms with Crippen molar-refractivity contribution in [3.05, 3.63) is 216 Å². The Labute approximate surface area is 384 Å². The Morgan fingerprint density at radius 2 is 0.833 bits per heavy atom. The molecule has 296 valence electrons. The molecular formula is C56H46Br2IN. The van der Waals surface area contributed by atoms with E-state index in [9.17, 15) is 0 Å². The van der Waals surface area contributed by atoms with Gasteiger partial charge in [0.2, 0.25) is 0 Å². The van der Waals surface area contributed by atoms with E-state index in [4.69, 9.17) is 0 Å². The second-order valence-corrected chi connectivity index (χ2v) is 20.0. The van der Waals surface area contributed by atoms with Crippen LogP contribution in [-0.2, 0) is 17.3 Å². The third-order valence-electron chi connectivity index (χ3n) is 12.8. The molecule has 0 aliphatic heterocycles. The summed E-state index contributed by atoms with van der Waals surface area (Å²) in [5.41, 5.74) is 20.7. The Bertz CT molecular complexity index is 2980. The first-order valence-corrected chi connectivity index (χ1v) is 22.9. The minimum Gasteiger partial charge on any atom is -0.309 e. The SMILES string of the molecule is C.CC1(C)c2cc(Br)ccc2-c2ccc(-n3c4ccccc4c4ccccc43)cc21.CC1(C)c2cc(Br)ccc2-c2ccc(I)cc21.c1ccc2c(c1)Cc1ccccc1-2. The molecule has 4 heteroatoms. The molecule has 0 saturated carbocycles. The average Bonchev–Trinajstić information content (AvgIpc) is 3.92. The van der Waals surface area contributed by atoms with Crippen molar-refractivity contribution in [3.8, 4) is 39.1 Å². The fourth-order valence-electron chi connectivity index (χ4n) is 9.80. The fourth-order valence-corrected chi connectivity index (χ4v) is 11.0. The Morgan fingerprint density at radius 3 is 1.35 bits per heavy atom. The first kappa shape index (κ1) is 40.6. The molecule has 0 saturated heterocycles. The number of halogens is 3. The summed E-state index contributed by atoms with van der Waals surface area (Å²) in [5, 5.41) is 2.60. The van der Waals surface area contributed by atoms with Gasteiger partial charge in [0.25, 0.3) is 0 Å². The number of hydrogen-bond acceptors (Lipinski definition) is 0. The second-order valence-electron chi connectivity index (χ2n) is 16.9. The molecule has 0 bridgehead atoms. The molecule has 3 aliphatic carbocycles. The van der Waals surface area contributed by atoms with Crippen LogP contribution < -0.4 is 0 Å². The van der Waals surface area contributed by atoms with Gasteiger partial charge in [-0.05, 0) is 156 Å². The van der Waals surface area contributed by atoms with Crippen molar-refractivity contribution >= 4 is 76.3 Å². The quantitative estimate of drug-likeness (QED) is 0.144. The third-order valence-corrected chi connectivity index (χ3v) is 14.4. The fraction of sp³-hybridized carbons (Fsp3) is 0.143. The maximum absolute atomic E-state index is 3.66. The van der Waals surface area contributed by atoms with Crippen molar-refractivity contribution in [1.29, 1.82) is 0 Å². The number of hydrogen-bond donors (Lipinski definition) is 0. The lowest BCUT2D eigenvalue weighted by molar-refractivity contribution is 0.659. The van der Waals surface area contributed by atoms with Gasteiger partial charge in [0.05, 0.1) is 11.0 Å². The lowest BCUT2D eigenvalue weighted by atomic mass is 9.82. The third kappa shape index (κ3) is 6.70. The average molecular weight is 1020 g/mol. The number of nitrogens with zero attached hydrogens (tertiary/aromatic N) is 1. The summed E-state index contributed by atoms with van der Waals surface area (Å²) in [5.74, 6) is 0. The summed E-state index contributed by atoms with van der Waals surface area (Å²) in [6.45, 7) is 9.28. The van der Waals surface area contributed by atoms with E-state index in [1.165, 1.54) is 97.8 Å². The molecule has 0 unspecified atom stereocenters. The van der Waals surface area contributed by atoms with Gasteiger partial charge in [0.15, 0.2) is 0 Å². The Kier molecular flexibility index (Phi) is 10.6. The summed E-state index contributed by atoms with van der Waals surface area (Å²) in [6, 6.07) is 61.7. The number of para-hydroxylation sites is 2. The molecule has 1 heterocycles. The van der Waals surface area contributed by atoms with Crippen molar-refractivity contribution in [2.45, 2.75) is 52.4 Å². The van der Waals surface area contributed by atoms with Crippen molar-refractivity contribution in [2.75, 3.05) is 0 Å². The summed E-state index contributed by atoms with van der Waals surface area (Å²) in [4.78, 5) is 0. The van der Waals surface area contributed by atoms with Crippen LogP contribution >= 0.6 is 54.5 Å². The normalized spacial score (nSPS) is 14.0. The van der Waals surface area contributed by atoms with Crippen LogP contribution in [0.2, 0.25) is 0 Å². The highest BCUT2D eigenvalue weighted by Gasteiger charge is 2.37. The van der Waals surface area contributed by atoms with Crippen LogP contribution in [0.3, 0.4) is 0 Å². The van der Waals surface area contributed by atoms with Gasteiger partial charge in [0, 0.05) is 39.8 Å². The highest BCUT2D eigenvalue weighted by atomic mass is 127. The lowest BCUT2D eigenvalue weighted by Gasteiger charge is -2.22. The molecule has 1 aromatic heterocycles. The van der Waals surface area contributed by atoms with E-state index in [0.29, 0.717) is 0 Å². The monoisotopic (exact) mass is 1020 g/mol. The first-order chi connectivity index (χ1) is 28.5. The van der Waals surface area contributed by atoms with Crippen molar-refractivity contribution in [2.24, 2.45) is 0 Å². The van der Waals surface area contributed by atoms with E-state index in [0.717, 1.165) is 15.4 Å². The van der Waals surface area contributed by atoms with Crippen molar-refractivity contribution in [1.82, 2.24) is 4.57 Å². The maximum atomic E-state index is 3.66. The molecule has 0 atom stereocenters. The van der Waals surface area contributed by atoms with Gasteiger partial charge in [-0.2, -0.15) is 0 Å². The smallest absolute Gasteiger partial charge is 0.0541 e. The number of rotatable bonds is 1. The van der Waals surface area contributed by atoms with Crippen LogP contribution in [0.25, 0.3) is 60.9 Å². The summed E-state index contributed by atoms with van der Waals surface area (Å²) >= 11 is 9.62. The highest BCUT2D eigenvalue weighted by Crippen LogP contribution is 2.51. The molecule has 0 fully saturated rings. The van der Waals surface area contributed by atoms with Crippen molar-refractivity contribution < 1.29 is 0 Å². The van der Waals surface area contributed by atoms with Crippen LogP contribution in [0, 0.1) is 3.57 Å². The van der Waals surface area contributed by atoms with Crippen LogP contribution in [0.1, 0.15) is 68.5 Å². The largest absolute Gasteiger partial charge is 0.309 e. The topological polar surface area (TPSA) is 4.93 Å². The summed E-state index contributed by atoms with van der Waals surface area (Å²) < 4.78 is 6.01. The zero-order valence-electron chi connectivity index (χ0n) is 33.5. The van der Waals surface area contributed by atoms with Gasteiger partial charge >= 0.3 is 0 Å². The van der Waals surface area contributed by atoms with Crippen LogP contribution in [0.4, 0.5) is 0 Å². The van der Waals surface area contributed by atoms with Crippen molar-refractivity contribution in [3.63, 3.8) is 0 Å². The van der Waals surface area contributed by atoms with E-state index < -0.39 is 0 Å². The Balaban J connectivity index is 0.000000126. The highest BCUT2D eigenvalue weighted by molar-refractivity contribution is 14.1. The summed E-state index contributed by atoms with van der Waals surface area (Å²) in [6.07, 6.45) is 1.10. The second kappa shape index (κ2) is 15.6. The number of aromatic nitrogens is 1. The molecule has 0 N–H and O–H groups in total. The van der Waals surface area contributed by atoms with E-state index in [1.54, 1.807) is 0 Å². The molecule has 0 radical (unpaired) electrons. The number of fused-ring (bicyclic) bond motifs is 12. The van der Waals surface area contributed by atoms with Crippen LogP contribution in [-0.4, -0.2) is 4.57 Å². The predicted octanol–water partition coefficient (Wildman–Crippen LogP) is 17.1. The Morgan fingerprint density at radius 1 is 0.433 bits per heavy atom. The molecule has 1 nitrogen and oxygen atoms in total.